The summed E-state index contributed by atoms with van der Waals surface area (Å²) in [6.07, 6.45) is 4.87. The molecule has 1 aromatic rings. The highest BCUT2D eigenvalue weighted by Gasteiger charge is 2.36. The van der Waals surface area contributed by atoms with Gasteiger partial charge in [0.1, 0.15) is 0 Å². The number of aryl methyl sites for hydroxylation is 1. The number of piperazine rings is 1. The van der Waals surface area contributed by atoms with Crippen molar-refractivity contribution in [1.82, 2.24) is 10.2 Å². The molecule has 118 valence electrons. The molecular weight excluding hydrogens is 256 g/mol. The molecule has 21 heavy (non-hydrogen) atoms. The molecule has 1 aromatic carbocycles. The van der Waals surface area contributed by atoms with Gasteiger partial charge in [-0.1, -0.05) is 44.2 Å². The Balaban J connectivity index is 1.95. The largest absolute Gasteiger partial charge is 0.308 e. The topological polar surface area (TPSA) is 15.3 Å². The van der Waals surface area contributed by atoms with Crippen LogP contribution in [-0.2, 0) is 6.42 Å². The molecule has 2 rings (SSSR count). The standard InChI is InChI=1S/C19H32N2/c1-5-19(6-2)15-21(17(4)14-20-19)16(3)12-13-18-10-8-7-9-11-18/h7-11,16-17,20H,5-6,12-15H2,1-4H3. The summed E-state index contributed by atoms with van der Waals surface area (Å²) in [4.78, 5) is 2.73. The Hall–Kier alpha value is -0.860. The number of rotatable bonds is 6. The summed E-state index contributed by atoms with van der Waals surface area (Å²) in [6, 6.07) is 12.2. The number of nitrogens with zero attached hydrogens (tertiary/aromatic N) is 1. The fourth-order valence-electron chi connectivity index (χ4n) is 3.54. The molecule has 1 saturated heterocycles. The van der Waals surface area contributed by atoms with E-state index in [4.69, 9.17) is 0 Å². The van der Waals surface area contributed by atoms with Gasteiger partial charge < -0.3 is 5.32 Å². The zero-order chi connectivity index (χ0) is 15.3. The van der Waals surface area contributed by atoms with Crippen LogP contribution in [0.3, 0.4) is 0 Å². The molecule has 2 heteroatoms. The van der Waals surface area contributed by atoms with Crippen LogP contribution in [0.25, 0.3) is 0 Å². The molecule has 1 aliphatic heterocycles. The summed E-state index contributed by atoms with van der Waals surface area (Å²) in [5.41, 5.74) is 1.79. The highest BCUT2D eigenvalue weighted by atomic mass is 15.3. The molecule has 2 atom stereocenters. The molecule has 1 N–H and O–H groups in total. The Bertz CT molecular complexity index is 411. The first-order valence-corrected chi connectivity index (χ1v) is 8.65. The van der Waals surface area contributed by atoms with E-state index in [0.29, 0.717) is 17.6 Å². The fraction of sp³-hybridized carbons (Fsp3) is 0.684. The molecular formula is C19H32N2. The monoisotopic (exact) mass is 288 g/mol. The van der Waals surface area contributed by atoms with Gasteiger partial charge in [0.25, 0.3) is 0 Å². The zero-order valence-electron chi connectivity index (χ0n) is 14.2. The van der Waals surface area contributed by atoms with Crippen LogP contribution in [0.4, 0.5) is 0 Å². The zero-order valence-corrected chi connectivity index (χ0v) is 14.2. The number of nitrogens with one attached hydrogen (secondary N) is 1. The third-order valence-corrected chi connectivity index (χ3v) is 5.44. The van der Waals surface area contributed by atoms with Crippen LogP contribution in [0.5, 0.6) is 0 Å². The van der Waals surface area contributed by atoms with Gasteiger partial charge in [-0.25, -0.2) is 0 Å². The average molecular weight is 288 g/mol. The van der Waals surface area contributed by atoms with Crippen LogP contribution in [0.15, 0.2) is 30.3 Å². The van der Waals surface area contributed by atoms with E-state index in [9.17, 15) is 0 Å². The number of hydrogen-bond acceptors (Lipinski definition) is 2. The van der Waals surface area contributed by atoms with Gasteiger partial charge >= 0.3 is 0 Å². The van der Waals surface area contributed by atoms with Crippen molar-refractivity contribution >= 4 is 0 Å². The maximum Gasteiger partial charge on any atom is 0.0304 e. The molecule has 0 bridgehead atoms. The molecule has 0 aliphatic carbocycles. The maximum absolute atomic E-state index is 3.80. The van der Waals surface area contributed by atoms with Gasteiger partial charge in [0.15, 0.2) is 0 Å². The lowest BCUT2D eigenvalue weighted by Gasteiger charge is -2.49. The second kappa shape index (κ2) is 7.42. The Kier molecular flexibility index (Phi) is 5.83. The minimum Gasteiger partial charge on any atom is -0.308 e. The van der Waals surface area contributed by atoms with Gasteiger partial charge in [0, 0.05) is 30.7 Å². The smallest absolute Gasteiger partial charge is 0.0304 e. The van der Waals surface area contributed by atoms with Crippen LogP contribution in [0.1, 0.15) is 52.5 Å². The lowest BCUT2D eigenvalue weighted by atomic mass is 9.87. The van der Waals surface area contributed by atoms with Crippen molar-refractivity contribution in [3.63, 3.8) is 0 Å². The summed E-state index contributed by atoms with van der Waals surface area (Å²) >= 11 is 0. The Morgan fingerprint density at radius 1 is 1.24 bits per heavy atom. The molecule has 2 unspecified atom stereocenters. The van der Waals surface area contributed by atoms with Crippen LogP contribution in [0, 0.1) is 0 Å². The van der Waals surface area contributed by atoms with Gasteiger partial charge in [-0.05, 0) is 45.1 Å². The first kappa shape index (κ1) is 16.5. The van der Waals surface area contributed by atoms with Gasteiger partial charge in [0.2, 0.25) is 0 Å². The quantitative estimate of drug-likeness (QED) is 0.855. The predicted molar refractivity (Wildman–Crippen MR) is 91.7 cm³/mol. The third kappa shape index (κ3) is 4.08. The molecule has 1 fully saturated rings. The highest BCUT2D eigenvalue weighted by molar-refractivity contribution is 5.14. The van der Waals surface area contributed by atoms with Crippen molar-refractivity contribution in [2.45, 2.75) is 71.0 Å². The van der Waals surface area contributed by atoms with Gasteiger partial charge in [-0.15, -0.1) is 0 Å². The third-order valence-electron chi connectivity index (χ3n) is 5.44. The SMILES string of the molecule is CCC1(CC)CN(C(C)CCc2ccccc2)C(C)CN1. The predicted octanol–water partition coefficient (Wildman–Crippen LogP) is 3.86. The maximum atomic E-state index is 3.80. The van der Waals surface area contributed by atoms with Gasteiger partial charge in [0.05, 0.1) is 0 Å². The van der Waals surface area contributed by atoms with Crippen LogP contribution < -0.4 is 5.32 Å². The number of hydrogen-bond donors (Lipinski definition) is 1. The minimum absolute atomic E-state index is 0.327. The van der Waals surface area contributed by atoms with Crippen LogP contribution in [-0.4, -0.2) is 35.6 Å². The first-order chi connectivity index (χ1) is 10.1. The molecule has 0 radical (unpaired) electrons. The van der Waals surface area contributed by atoms with Crippen molar-refractivity contribution in [1.29, 1.82) is 0 Å². The Morgan fingerprint density at radius 2 is 1.90 bits per heavy atom. The van der Waals surface area contributed by atoms with Crippen molar-refractivity contribution in [3.05, 3.63) is 35.9 Å². The van der Waals surface area contributed by atoms with Crippen molar-refractivity contribution < 1.29 is 0 Å². The summed E-state index contributed by atoms with van der Waals surface area (Å²) in [5, 5.41) is 3.80. The summed E-state index contributed by atoms with van der Waals surface area (Å²) in [5.74, 6) is 0. The van der Waals surface area contributed by atoms with Crippen molar-refractivity contribution in [2.24, 2.45) is 0 Å². The molecule has 1 heterocycles. The van der Waals surface area contributed by atoms with E-state index in [-0.39, 0.29) is 0 Å². The van der Waals surface area contributed by atoms with E-state index < -0.39 is 0 Å². The molecule has 0 aromatic heterocycles. The Labute approximate surface area is 130 Å². The normalized spacial score (nSPS) is 23.9. The van der Waals surface area contributed by atoms with E-state index >= 15 is 0 Å². The van der Waals surface area contributed by atoms with Gasteiger partial charge in [-0.3, -0.25) is 4.90 Å². The average Bonchev–Trinajstić information content (AvgIpc) is 2.54. The molecule has 0 saturated carbocycles. The van der Waals surface area contributed by atoms with Crippen molar-refractivity contribution in [3.8, 4) is 0 Å². The second-order valence-electron chi connectivity index (χ2n) is 6.76. The highest BCUT2D eigenvalue weighted by Crippen LogP contribution is 2.25. The van der Waals surface area contributed by atoms with Gasteiger partial charge in [-0.2, -0.15) is 0 Å². The van der Waals surface area contributed by atoms with E-state index in [1.165, 1.54) is 37.8 Å². The molecule has 2 nitrogen and oxygen atoms in total. The van der Waals surface area contributed by atoms with E-state index in [1.54, 1.807) is 0 Å². The first-order valence-electron chi connectivity index (χ1n) is 8.65. The summed E-state index contributed by atoms with van der Waals surface area (Å²) in [6.45, 7) is 11.7. The molecule has 1 aliphatic rings. The van der Waals surface area contributed by atoms with E-state index in [1.807, 2.05) is 0 Å². The van der Waals surface area contributed by atoms with Crippen LogP contribution >= 0.6 is 0 Å². The lowest BCUT2D eigenvalue weighted by molar-refractivity contribution is 0.0473. The van der Waals surface area contributed by atoms with Crippen molar-refractivity contribution in [2.75, 3.05) is 13.1 Å². The Morgan fingerprint density at radius 3 is 2.52 bits per heavy atom. The lowest BCUT2D eigenvalue weighted by Crippen LogP contribution is -2.64. The van der Waals surface area contributed by atoms with E-state index in [0.717, 1.165) is 6.54 Å². The number of benzene rings is 1. The summed E-state index contributed by atoms with van der Waals surface area (Å²) < 4.78 is 0. The molecule has 0 spiro atoms. The second-order valence-corrected chi connectivity index (χ2v) is 6.76. The molecule has 0 amide bonds. The summed E-state index contributed by atoms with van der Waals surface area (Å²) in [7, 11) is 0. The fourth-order valence-corrected chi connectivity index (χ4v) is 3.54. The van der Waals surface area contributed by atoms with Crippen LogP contribution in [0.2, 0.25) is 0 Å². The minimum atomic E-state index is 0.327. The van der Waals surface area contributed by atoms with E-state index in [2.05, 4.69) is 68.2 Å².